The molecule has 2 rings (SSSR count). The minimum atomic E-state index is 0.575. The first-order chi connectivity index (χ1) is 8.65. The van der Waals surface area contributed by atoms with E-state index in [4.69, 9.17) is 0 Å². The fourth-order valence-electron chi connectivity index (χ4n) is 3.65. The van der Waals surface area contributed by atoms with Crippen LogP contribution < -0.4 is 5.32 Å². The van der Waals surface area contributed by atoms with Crippen molar-refractivity contribution in [3.05, 3.63) is 0 Å². The summed E-state index contributed by atoms with van der Waals surface area (Å²) in [5.74, 6) is 0. The Morgan fingerprint density at radius 1 is 1.22 bits per heavy atom. The lowest BCUT2D eigenvalue weighted by molar-refractivity contribution is 0.0655. The SMILES string of the molecule is CCNCC1(CN2CCN(C)C(C)C2)CCCC1. The van der Waals surface area contributed by atoms with Crippen LogP contribution in [0.4, 0.5) is 0 Å². The van der Waals surface area contributed by atoms with Crippen LogP contribution >= 0.6 is 0 Å². The molecule has 0 bridgehead atoms. The summed E-state index contributed by atoms with van der Waals surface area (Å²) >= 11 is 0. The zero-order valence-electron chi connectivity index (χ0n) is 12.5. The van der Waals surface area contributed by atoms with Crippen LogP contribution in [0.15, 0.2) is 0 Å². The lowest BCUT2D eigenvalue weighted by atomic mass is 9.85. The molecule has 1 heterocycles. The molecular weight excluding hydrogens is 222 g/mol. The molecule has 3 heteroatoms. The van der Waals surface area contributed by atoms with Crippen LogP contribution in [-0.2, 0) is 0 Å². The number of piperazine rings is 1. The molecule has 3 nitrogen and oxygen atoms in total. The van der Waals surface area contributed by atoms with E-state index in [0.717, 1.165) is 12.6 Å². The Labute approximate surface area is 113 Å². The molecule has 1 saturated carbocycles. The zero-order chi connectivity index (χ0) is 13.0. The predicted molar refractivity (Wildman–Crippen MR) is 78.0 cm³/mol. The first-order valence-electron chi connectivity index (χ1n) is 7.78. The second-order valence-electron chi connectivity index (χ2n) is 6.55. The van der Waals surface area contributed by atoms with Gasteiger partial charge in [0.05, 0.1) is 0 Å². The Morgan fingerprint density at radius 2 is 1.94 bits per heavy atom. The zero-order valence-corrected chi connectivity index (χ0v) is 12.5. The molecule has 1 aliphatic heterocycles. The van der Waals surface area contributed by atoms with Gasteiger partial charge in [-0.15, -0.1) is 0 Å². The van der Waals surface area contributed by atoms with Gasteiger partial charge in [0, 0.05) is 38.8 Å². The number of hydrogen-bond acceptors (Lipinski definition) is 3. The van der Waals surface area contributed by atoms with Gasteiger partial charge in [0.25, 0.3) is 0 Å². The largest absolute Gasteiger partial charge is 0.316 e. The molecule has 1 aliphatic carbocycles. The molecule has 18 heavy (non-hydrogen) atoms. The van der Waals surface area contributed by atoms with E-state index >= 15 is 0 Å². The molecule has 1 saturated heterocycles. The monoisotopic (exact) mass is 253 g/mol. The molecule has 0 spiro atoms. The molecule has 0 aromatic heterocycles. The van der Waals surface area contributed by atoms with Crippen molar-refractivity contribution < 1.29 is 0 Å². The molecule has 2 fully saturated rings. The third kappa shape index (κ3) is 3.46. The van der Waals surface area contributed by atoms with Gasteiger partial charge in [-0.05, 0) is 38.8 Å². The van der Waals surface area contributed by atoms with E-state index in [1.54, 1.807) is 0 Å². The molecule has 1 N–H and O–H groups in total. The van der Waals surface area contributed by atoms with Gasteiger partial charge in [-0.2, -0.15) is 0 Å². The summed E-state index contributed by atoms with van der Waals surface area (Å²) in [6.07, 6.45) is 5.74. The molecular formula is C15H31N3. The van der Waals surface area contributed by atoms with Crippen LogP contribution in [0, 0.1) is 5.41 Å². The molecule has 0 aromatic rings. The van der Waals surface area contributed by atoms with Gasteiger partial charge in [-0.1, -0.05) is 19.8 Å². The molecule has 1 atom stereocenters. The van der Waals surface area contributed by atoms with E-state index in [-0.39, 0.29) is 0 Å². The molecule has 1 unspecified atom stereocenters. The number of nitrogens with zero attached hydrogens (tertiary/aromatic N) is 2. The number of hydrogen-bond donors (Lipinski definition) is 1. The summed E-state index contributed by atoms with van der Waals surface area (Å²) in [5.41, 5.74) is 0.575. The molecule has 0 radical (unpaired) electrons. The van der Waals surface area contributed by atoms with E-state index in [2.05, 4.69) is 36.0 Å². The van der Waals surface area contributed by atoms with E-state index in [1.165, 1.54) is 58.4 Å². The summed E-state index contributed by atoms with van der Waals surface area (Å²) in [6.45, 7) is 12.0. The van der Waals surface area contributed by atoms with Gasteiger partial charge in [0.1, 0.15) is 0 Å². The van der Waals surface area contributed by atoms with E-state index in [0.29, 0.717) is 5.41 Å². The van der Waals surface area contributed by atoms with Crippen LogP contribution in [0.3, 0.4) is 0 Å². The third-order valence-corrected chi connectivity index (χ3v) is 5.02. The van der Waals surface area contributed by atoms with Crippen molar-refractivity contribution in [2.45, 2.75) is 45.6 Å². The van der Waals surface area contributed by atoms with Gasteiger partial charge in [0.15, 0.2) is 0 Å². The highest BCUT2D eigenvalue weighted by Crippen LogP contribution is 2.38. The average molecular weight is 253 g/mol. The summed E-state index contributed by atoms with van der Waals surface area (Å²) in [5, 5.41) is 3.60. The minimum Gasteiger partial charge on any atom is -0.316 e. The predicted octanol–water partition coefficient (Wildman–Crippen LogP) is 1.79. The number of nitrogens with one attached hydrogen (secondary N) is 1. The summed E-state index contributed by atoms with van der Waals surface area (Å²) in [6, 6.07) is 0.719. The summed E-state index contributed by atoms with van der Waals surface area (Å²) in [4.78, 5) is 5.20. The topological polar surface area (TPSA) is 18.5 Å². The van der Waals surface area contributed by atoms with E-state index < -0.39 is 0 Å². The average Bonchev–Trinajstić information content (AvgIpc) is 2.80. The lowest BCUT2D eigenvalue weighted by Crippen LogP contribution is -2.53. The van der Waals surface area contributed by atoms with E-state index in [9.17, 15) is 0 Å². The lowest BCUT2D eigenvalue weighted by Gasteiger charge is -2.42. The first kappa shape index (κ1) is 14.3. The van der Waals surface area contributed by atoms with Crippen LogP contribution in [0.5, 0.6) is 0 Å². The van der Waals surface area contributed by atoms with Crippen molar-refractivity contribution in [1.29, 1.82) is 0 Å². The molecule has 0 aromatic carbocycles. The highest BCUT2D eigenvalue weighted by molar-refractivity contribution is 4.91. The smallest absolute Gasteiger partial charge is 0.0192 e. The Balaban J connectivity index is 1.88. The van der Waals surface area contributed by atoms with Crippen LogP contribution in [0.1, 0.15) is 39.5 Å². The number of rotatable bonds is 5. The minimum absolute atomic E-state index is 0.575. The van der Waals surface area contributed by atoms with Crippen molar-refractivity contribution in [2.75, 3.05) is 46.3 Å². The maximum Gasteiger partial charge on any atom is 0.0192 e. The summed E-state index contributed by atoms with van der Waals surface area (Å²) in [7, 11) is 2.26. The second kappa shape index (κ2) is 6.36. The third-order valence-electron chi connectivity index (χ3n) is 5.02. The van der Waals surface area contributed by atoms with Crippen molar-refractivity contribution in [3.63, 3.8) is 0 Å². The summed E-state index contributed by atoms with van der Waals surface area (Å²) < 4.78 is 0. The van der Waals surface area contributed by atoms with Gasteiger partial charge in [0.2, 0.25) is 0 Å². The normalized spacial score (nSPS) is 29.8. The fraction of sp³-hybridized carbons (Fsp3) is 1.00. The van der Waals surface area contributed by atoms with E-state index in [1.807, 2.05) is 0 Å². The van der Waals surface area contributed by atoms with Gasteiger partial charge in [-0.25, -0.2) is 0 Å². The Hall–Kier alpha value is -0.120. The standard InChI is InChI=1S/C15H31N3/c1-4-16-12-15(7-5-6-8-15)13-18-10-9-17(3)14(2)11-18/h14,16H,4-13H2,1-3H3. The fourth-order valence-corrected chi connectivity index (χ4v) is 3.65. The second-order valence-corrected chi connectivity index (χ2v) is 6.55. The van der Waals surface area contributed by atoms with Crippen LogP contribution in [0.25, 0.3) is 0 Å². The maximum absolute atomic E-state index is 3.60. The Bertz CT molecular complexity index is 248. The maximum atomic E-state index is 3.60. The molecule has 106 valence electrons. The van der Waals surface area contributed by atoms with Crippen molar-refractivity contribution in [2.24, 2.45) is 5.41 Å². The van der Waals surface area contributed by atoms with Gasteiger partial charge >= 0.3 is 0 Å². The van der Waals surface area contributed by atoms with Crippen molar-refractivity contribution in [1.82, 2.24) is 15.1 Å². The molecule has 2 aliphatic rings. The Morgan fingerprint density at radius 3 is 2.56 bits per heavy atom. The molecule has 0 amide bonds. The van der Waals surface area contributed by atoms with Crippen LogP contribution in [-0.4, -0.2) is 62.2 Å². The van der Waals surface area contributed by atoms with Crippen molar-refractivity contribution >= 4 is 0 Å². The highest BCUT2D eigenvalue weighted by atomic mass is 15.3. The van der Waals surface area contributed by atoms with Crippen molar-refractivity contribution in [3.8, 4) is 0 Å². The highest BCUT2D eigenvalue weighted by Gasteiger charge is 2.36. The Kier molecular flexibility index (Phi) is 5.05. The van der Waals surface area contributed by atoms with Gasteiger partial charge < -0.3 is 10.2 Å². The first-order valence-corrected chi connectivity index (χ1v) is 7.78. The van der Waals surface area contributed by atoms with Gasteiger partial charge in [-0.3, -0.25) is 4.90 Å². The van der Waals surface area contributed by atoms with Crippen LogP contribution in [0.2, 0.25) is 0 Å². The number of likely N-dealkylation sites (N-methyl/N-ethyl adjacent to an activating group) is 1. The quantitative estimate of drug-likeness (QED) is 0.806.